The first-order valence-corrected chi connectivity index (χ1v) is 15.7. The lowest BCUT2D eigenvalue weighted by Crippen LogP contribution is -2.44. The minimum Gasteiger partial charge on any atom is -0.350 e. The van der Waals surface area contributed by atoms with Crippen LogP contribution in [0.3, 0.4) is 0 Å². The minimum absolute atomic E-state index is 0.0725. The van der Waals surface area contributed by atoms with Crippen molar-refractivity contribution in [1.82, 2.24) is 14.7 Å². The molecule has 5 atom stereocenters. The van der Waals surface area contributed by atoms with Crippen LogP contribution in [0.2, 0.25) is 0 Å². The van der Waals surface area contributed by atoms with Crippen LogP contribution < -0.4 is 4.90 Å². The molecule has 0 aromatic heterocycles. The number of para-hydroxylation sites is 1. The number of hydrogen-bond donors (Lipinski definition) is 0. The molecule has 0 saturated carbocycles. The molecule has 6 nitrogen and oxygen atoms in total. The lowest BCUT2D eigenvalue weighted by Gasteiger charge is -2.36. The van der Waals surface area contributed by atoms with E-state index in [9.17, 15) is 4.79 Å². The quantitative estimate of drug-likeness (QED) is 0.307. The molecular weight excluding hydrogens is 520 g/mol. The maximum Gasteiger partial charge on any atom is 0.255 e. The van der Waals surface area contributed by atoms with Gasteiger partial charge >= 0.3 is 0 Å². The topological polar surface area (TPSA) is 39.3 Å². The van der Waals surface area contributed by atoms with Gasteiger partial charge in [0.2, 0.25) is 0 Å². The van der Waals surface area contributed by atoms with Crippen LogP contribution in [0.15, 0.2) is 78.9 Å². The fourth-order valence-corrected chi connectivity index (χ4v) is 7.66. The summed E-state index contributed by atoms with van der Waals surface area (Å²) in [4.78, 5) is 24.3. The molecule has 0 spiro atoms. The third-order valence-electron chi connectivity index (χ3n) is 9.67. The molecule has 6 rings (SSSR count). The number of benzene rings is 3. The van der Waals surface area contributed by atoms with Crippen LogP contribution in [0.25, 0.3) is 0 Å². The van der Waals surface area contributed by atoms with Gasteiger partial charge in [0.25, 0.3) is 5.91 Å². The summed E-state index contributed by atoms with van der Waals surface area (Å²) < 4.78 is 6.90. The van der Waals surface area contributed by atoms with Crippen molar-refractivity contribution in [3.63, 3.8) is 0 Å². The molecule has 1 unspecified atom stereocenters. The van der Waals surface area contributed by atoms with Crippen molar-refractivity contribution in [2.24, 2.45) is 0 Å². The zero-order valence-corrected chi connectivity index (χ0v) is 26.0. The van der Waals surface area contributed by atoms with E-state index in [-0.39, 0.29) is 42.4 Å². The van der Waals surface area contributed by atoms with Gasteiger partial charge < -0.3 is 14.5 Å². The number of carbonyl (C=O) groups is 1. The van der Waals surface area contributed by atoms with Gasteiger partial charge in [-0.3, -0.25) is 14.6 Å². The highest BCUT2D eigenvalue weighted by Gasteiger charge is 2.47. The predicted molar refractivity (Wildman–Crippen MR) is 169 cm³/mol. The second kappa shape index (κ2) is 11.8. The maximum atomic E-state index is 14.9. The summed E-state index contributed by atoms with van der Waals surface area (Å²) in [6.07, 6.45) is 1.94. The van der Waals surface area contributed by atoms with E-state index >= 15 is 0 Å². The van der Waals surface area contributed by atoms with E-state index in [0.29, 0.717) is 6.04 Å². The molecule has 0 bridgehead atoms. The van der Waals surface area contributed by atoms with Gasteiger partial charge in [0, 0.05) is 42.0 Å². The van der Waals surface area contributed by atoms with Gasteiger partial charge in [-0.2, -0.15) is 0 Å². The fraction of sp³-hybridized carbons (Fsp3) is 0.472. The average molecular weight is 567 g/mol. The Morgan fingerprint density at radius 3 is 2.19 bits per heavy atom. The van der Waals surface area contributed by atoms with Crippen molar-refractivity contribution in [2.45, 2.75) is 90.0 Å². The number of fused-ring (bicyclic) bond motifs is 1. The van der Waals surface area contributed by atoms with Crippen molar-refractivity contribution in [3.8, 4) is 0 Å². The monoisotopic (exact) mass is 566 g/mol. The fourth-order valence-electron chi connectivity index (χ4n) is 7.66. The molecule has 3 fully saturated rings. The zero-order chi connectivity index (χ0) is 29.5. The third kappa shape index (κ3) is 5.04. The Bertz CT molecular complexity index is 1370. The molecule has 1 amide bonds. The number of likely N-dealkylation sites (N-methyl/N-ethyl adjacent to an activating group) is 1. The van der Waals surface area contributed by atoms with Crippen LogP contribution in [0, 0.1) is 0 Å². The lowest BCUT2D eigenvalue weighted by atomic mass is 9.88. The Labute approximate surface area is 251 Å². The third-order valence-corrected chi connectivity index (χ3v) is 9.67. The molecule has 3 aromatic rings. The molecule has 3 aromatic carbocycles. The summed E-state index contributed by atoms with van der Waals surface area (Å²) in [5, 5.41) is 0. The largest absolute Gasteiger partial charge is 0.350 e. The molecule has 42 heavy (non-hydrogen) atoms. The minimum atomic E-state index is -0.323. The summed E-state index contributed by atoms with van der Waals surface area (Å²) >= 11 is 0. The van der Waals surface area contributed by atoms with Gasteiger partial charge in [-0.1, -0.05) is 66.7 Å². The zero-order valence-electron chi connectivity index (χ0n) is 26.0. The Hall–Kier alpha value is -3.19. The summed E-state index contributed by atoms with van der Waals surface area (Å²) in [6.45, 7) is 12.7. The highest BCUT2D eigenvalue weighted by molar-refractivity contribution is 5.98. The number of rotatable bonds is 7. The van der Waals surface area contributed by atoms with Gasteiger partial charge in [0.15, 0.2) is 0 Å². The molecule has 0 N–H and O–H groups in total. The van der Waals surface area contributed by atoms with Crippen molar-refractivity contribution in [3.05, 3.63) is 101 Å². The Morgan fingerprint density at radius 2 is 1.52 bits per heavy atom. The first kappa shape index (κ1) is 28.9. The summed E-state index contributed by atoms with van der Waals surface area (Å²) in [6, 6.07) is 28.5. The van der Waals surface area contributed by atoms with Gasteiger partial charge in [-0.15, -0.1) is 0 Å². The molecular formula is C36H46N4O2. The van der Waals surface area contributed by atoms with Crippen LogP contribution in [0.1, 0.15) is 92.9 Å². The van der Waals surface area contributed by atoms with E-state index in [0.717, 1.165) is 36.3 Å². The maximum absolute atomic E-state index is 14.9. The predicted octanol–water partition coefficient (Wildman–Crippen LogP) is 7.02. The van der Waals surface area contributed by atoms with E-state index < -0.39 is 0 Å². The Morgan fingerprint density at radius 1 is 0.881 bits per heavy atom. The van der Waals surface area contributed by atoms with Crippen molar-refractivity contribution >= 4 is 11.6 Å². The van der Waals surface area contributed by atoms with Gasteiger partial charge in [-0.25, -0.2) is 0 Å². The second-order valence-electron chi connectivity index (χ2n) is 12.9. The molecule has 3 aliphatic rings. The van der Waals surface area contributed by atoms with E-state index in [2.05, 4.69) is 129 Å². The number of anilines is 1. The molecule has 222 valence electrons. The van der Waals surface area contributed by atoms with E-state index in [4.69, 9.17) is 4.74 Å². The molecule has 6 heteroatoms. The van der Waals surface area contributed by atoms with E-state index in [1.807, 2.05) is 11.0 Å². The van der Waals surface area contributed by atoms with E-state index in [1.165, 1.54) is 17.7 Å². The van der Waals surface area contributed by atoms with Gasteiger partial charge in [0.05, 0.1) is 18.3 Å². The SMILES string of the molecule is CC(C)N(C(=O)c1c(C2[C@@H]3CCCN3CN2c2ccccc2)cccc1[C@H]1O[C@@H](c2ccccc2)[C@@H](C)N1C)C(C)C. The first-order valence-electron chi connectivity index (χ1n) is 15.7. The van der Waals surface area contributed by atoms with Crippen LogP contribution in [-0.4, -0.2) is 65.0 Å². The van der Waals surface area contributed by atoms with Crippen LogP contribution in [-0.2, 0) is 4.74 Å². The Balaban J connectivity index is 1.50. The molecule has 3 saturated heterocycles. The summed E-state index contributed by atoms with van der Waals surface area (Å²) in [5.41, 5.74) is 5.28. The molecule has 0 radical (unpaired) electrons. The first-order chi connectivity index (χ1) is 20.3. The molecule has 0 aliphatic carbocycles. The number of amides is 1. The smallest absolute Gasteiger partial charge is 0.255 e. The van der Waals surface area contributed by atoms with Crippen LogP contribution in [0.5, 0.6) is 0 Å². The molecule has 3 heterocycles. The number of carbonyl (C=O) groups excluding carboxylic acids is 1. The Kier molecular flexibility index (Phi) is 8.14. The van der Waals surface area contributed by atoms with Crippen molar-refractivity contribution in [1.29, 1.82) is 0 Å². The molecule has 3 aliphatic heterocycles. The average Bonchev–Trinajstić information content (AvgIpc) is 3.67. The van der Waals surface area contributed by atoms with Crippen LogP contribution in [0.4, 0.5) is 5.69 Å². The lowest BCUT2D eigenvalue weighted by molar-refractivity contribution is 0.00445. The number of ether oxygens (including phenoxy) is 1. The summed E-state index contributed by atoms with van der Waals surface area (Å²) in [5.74, 6) is 0.0999. The number of nitrogens with zero attached hydrogens (tertiary/aromatic N) is 4. The van der Waals surface area contributed by atoms with Crippen LogP contribution >= 0.6 is 0 Å². The summed E-state index contributed by atoms with van der Waals surface area (Å²) in [7, 11) is 2.13. The van der Waals surface area contributed by atoms with Gasteiger partial charge in [-0.05, 0) is 77.8 Å². The second-order valence-corrected chi connectivity index (χ2v) is 12.9. The number of hydrogen-bond acceptors (Lipinski definition) is 5. The van der Waals surface area contributed by atoms with E-state index in [1.54, 1.807) is 0 Å². The van der Waals surface area contributed by atoms with Crippen molar-refractivity contribution in [2.75, 3.05) is 25.2 Å². The van der Waals surface area contributed by atoms with Crippen molar-refractivity contribution < 1.29 is 9.53 Å². The standard InChI is InChI=1S/C36H46N4O2/c1-24(2)40(25(3)4)35(41)32-29(33-31-21-14-22-38(31)23-39(33)28-17-11-8-12-18-28)19-13-20-30(32)36-37(6)26(5)34(42-36)27-15-9-7-10-16-27/h7-13,15-20,24-26,31,33-34,36H,14,21-23H2,1-6H3/t26-,31+,33?,34-,36-/m1/s1. The highest BCUT2D eigenvalue weighted by atomic mass is 16.5. The normalized spacial score (nSPS) is 26.4. The van der Waals surface area contributed by atoms with Gasteiger partial charge in [0.1, 0.15) is 12.3 Å². The highest BCUT2D eigenvalue weighted by Crippen LogP contribution is 2.47.